The summed E-state index contributed by atoms with van der Waals surface area (Å²) in [5, 5.41) is 0. The zero-order valence-electron chi connectivity index (χ0n) is 10.6. The van der Waals surface area contributed by atoms with Gasteiger partial charge in [0.05, 0.1) is 12.2 Å². The molecule has 0 N–H and O–H groups in total. The standard InChI is InChI=1S/C14H20O3/c1-3-4-8-16-9-10-17-14(15)13-7-5-6-12(2)11-13/h5-7,11H,3-4,8-10H2,1-2H3. The predicted molar refractivity (Wildman–Crippen MR) is 67.2 cm³/mol. The van der Waals surface area contributed by atoms with Gasteiger partial charge in [0.2, 0.25) is 0 Å². The number of benzene rings is 1. The molecule has 1 aromatic carbocycles. The zero-order chi connectivity index (χ0) is 12.5. The van der Waals surface area contributed by atoms with Gasteiger partial charge in [-0.25, -0.2) is 4.79 Å². The van der Waals surface area contributed by atoms with Gasteiger partial charge in [0.1, 0.15) is 6.61 Å². The molecule has 0 bridgehead atoms. The van der Waals surface area contributed by atoms with E-state index >= 15 is 0 Å². The second kappa shape index (κ2) is 7.85. The van der Waals surface area contributed by atoms with E-state index in [0.29, 0.717) is 18.8 Å². The zero-order valence-corrected chi connectivity index (χ0v) is 10.6. The van der Waals surface area contributed by atoms with Crippen molar-refractivity contribution in [3.8, 4) is 0 Å². The van der Waals surface area contributed by atoms with Gasteiger partial charge in [-0.1, -0.05) is 31.0 Å². The Bertz CT molecular complexity index is 347. The molecule has 3 heteroatoms. The van der Waals surface area contributed by atoms with Crippen LogP contribution in [-0.4, -0.2) is 25.8 Å². The number of carbonyl (C=O) groups is 1. The van der Waals surface area contributed by atoms with Crippen LogP contribution in [0.1, 0.15) is 35.7 Å². The van der Waals surface area contributed by atoms with Crippen molar-refractivity contribution in [2.75, 3.05) is 19.8 Å². The van der Waals surface area contributed by atoms with Gasteiger partial charge < -0.3 is 9.47 Å². The summed E-state index contributed by atoms with van der Waals surface area (Å²) in [5.74, 6) is -0.284. The summed E-state index contributed by atoms with van der Waals surface area (Å²) in [5.41, 5.74) is 1.65. The first-order chi connectivity index (χ1) is 8.24. The Hall–Kier alpha value is -1.35. The molecule has 0 aliphatic rings. The van der Waals surface area contributed by atoms with E-state index in [-0.39, 0.29) is 5.97 Å². The highest BCUT2D eigenvalue weighted by Gasteiger charge is 2.06. The average molecular weight is 236 g/mol. The summed E-state index contributed by atoms with van der Waals surface area (Å²) >= 11 is 0. The summed E-state index contributed by atoms with van der Waals surface area (Å²) in [6.45, 7) is 5.58. The van der Waals surface area contributed by atoms with Crippen LogP contribution in [0.3, 0.4) is 0 Å². The summed E-state index contributed by atoms with van der Waals surface area (Å²) in [6, 6.07) is 7.38. The van der Waals surface area contributed by atoms with Crippen LogP contribution < -0.4 is 0 Å². The lowest BCUT2D eigenvalue weighted by Crippen LogP contribution is -2.11. The molecule has 1 aromatic rings. The van der Waals surface area contributed by atoms with Crippen LogP contribution in [-0.2, 0) is 9.47 Å². The van der Waals surface area contributed by atoms with Crippen molar-refractivity contribution in [3.63, 3.8) is 0 Å². The number of hydrogen-bond donors (Lipinski definition) is 0. The average Bonchev–Trinajstić information content (AvgIpc) is 2.33. The van der Waals surface area contributed by atoms with E-state index in [1.807, 2.05) is 25.1 Å². The Labute approximate surface area is 103 Å². The molecule has 0 amide bonds. The number of aryl methyl sites for hydroxylation is 1. The molecule has 0 atom stereocenters. The fourth-order valence-corrected chi connectivity index (χ4v) is 1.40. The Morgan fingerprint density at radius 2 is 2.06 bits per heavy atom. The highest BCUT2D eigenvalue weighted by molar-refractivity contribution is 5.89. The Morgan fingerprint density at radius 1 is 1.24 bits per heavy atom. The normalized spacial score (nSPS) is 10.2. The highest BCUT2D eigenvalue weighted by Crippen LogP contribution is 2.05. The van der Waals surface area contributed by atoms with Crippen LogP contribution >= 0.6 is 0 Å². The number of unbranched alkanes of at least 4 members (excludes halogenated alkanes) is 1. The van der Waals surface area contributed by atoms with E-state index in [2.05, 4.69) is 6.92 Å². The minimum atomic E-state index is -0.284. The Morgan fingerprint density at radius 3 is 2.76 bits per heavy atom. The number of carbonyl (C=O) groups excluding carboxylic acids is 1. The molecule has 0 aliphatic heterocycles. The number of esters is 1. The molecular formula is C14H20O3. The number of hydrogen-bond acceptors (Lipinski definition) is 3. The molecule has 0 radical (unpaired) electrons. The fraction of sp³-hybridized carbons (Fsp3) is 0.500. The third-order valence-electron chi connectivity index (χ3n) is 2.36. The van der Waals surface area contributed by atoms with Gasteiger partial charge in [0, 0.05) is 6.61 Å². The lowest BCUT2D eigenvalue weighted by atomic mass is 10.1. The Balaban J connectivity index is 2.21. The van der Waals surface area contributed by atoms with E-state index in [0.717, 1.165) is 25.0 Å². The molecule has 0 saturated heterocycles. The topological polar surface area (TPSA) is 35.5 Å². The van der Waals surface area contributed by atoms with Crippen molar-refractivity contribution in [3.05, 3.63) is 35.4 Å². The molecule has 0 unspecified atom stereocenters. The molecule has 94 valence electrons. The van der Waals surface area contributed by atoms with Crippen molar-refractivity contribution in [1.82, 2.24) is 0 Å². The van der Waals surface area contributed by atoms with Crippen molar-refractivity contribution < 1.29 is 14.3 Å². The van der Waals surface area contributed by atoms with E-state index in [1.54, 1.807) is 6.07 Å². The van der Waals surface area contributed by atoms with Crippen molar-refractivity contribution in [1.29, 1.82) is 0 Å². The molecule has 17 heavy (non-hydrogen) atoms. The van der Waals surface area contributed by atoms with Crippen LogP contribution in [0.25, 0.3) is 0 Å². The molecule has 3 nitrogen and oxygen atoms in total. The maximum Gasteiger partial charge on any atom is 0.338 e. The van der Waals surface area contributed by atoms with Gasteiger partial charge in [-0.3, -0.25) is 0 Å². The first-order valence-electron chi connectivity index (χ1n) is 6.05. The summed E-state index contributed by atoms with van der Waals surface area (Å²) in [4.78, 5) is 11.6. The van der Waals surface area contributed by atoms with E-state index in [4.69, 9.17) is 9.47 Å². The second-order valence-corrected chi connectivity index (χ2v) is 3.97. The SMILES string of the molecule is CCCCOCCOC(=O)c1cccc(C)c1. The van der Waals surface area contributed by atoms with Crippen LogP contribution in [0.15, 0.2) is 24.3 Å². The van der Waals surface area contributed by atoms with Crippen LogP contribution in [0.5, 0.6) is 0 Å². The van der Waals surface area contributed by atoms with Crippen molar-refractivity contribution in [2.45, 2.75) is 26.7 Å². The molecule has 0 spiro atoms. The third-order valence-corrected chi connectivity index (χ3v) is 2.36. The number of ether oxygens (including phenoxy) is 2. The van der Waals surface area contributed by atoms with E-state index in [1.165, 1.54) is 0 Å². The lowest BCUT2D eigenvalue weighted by molar-refractivity contribution is 0.0314. The molecular weight excluding hydrogens is 216 g/mol. The summed E-state index contributed by atoms with van der Waals surface area (Å²) in [6.07, 6.45) is 2.16. The van der Waals surface area contributed by atoms with Crippen LogP contribution in [0.2, 0.25) is 0 Å². The monoisotopic (exact) mass is 236 g/mol. The van der Waals surface area contributed by atoms with Gasteiger partial charge >= 0.3 is 5.97 Å². The second-order valence-electron chi connectivity index (χ2n) is 3.97. The lowest BCUT2D eigenvalue weighted by Gasteiger charge is -2.06. The molecule has 0 heterocycles. The molecule has 0 aliphatic carbocycles. The van der Waals surface area contributed by atoms with Crippen molar-refractivity contribution in [2.24, 2.45) is 0 Å². The summed E-state index contributed by atoms with van der Waals surface area (Å²) < 4.78 is 10.4. The van der Waals surface area contributed by atoms with Crippen LogP contribution in [0.4, 0.5) is 0 Å². The maximum absolute atomic E-state index is 11.6. The van der Waals surface area contributed by atoms with Gasteiger partial charge in [0.15, 0.2) is 0 Å². The maximum atomic E-state index is 11.6. The van der Waals surface area contributed by atoms with E-state index < -0.39 is 0 Å². The number of rotatable bonds is 7. The third kappa shape index (κ3) is 5.50. The summed E-state index contributed by atoms with van der Waals surface area (Å²) in [7, 11) is 0. The molecule has 1 rings (SSSR count). The predicted octanol–water partition coefficient (Wildman–Crippen LogP) is 2.97. The minimum absolute atomic E-state index is 0.284. The Kier molecular flexibility index (Phi) is 6.33. The van der Waals surface area contributed by atoms with E-state index in [9.17, 15) is 4.79 Å². The first kappa shape index (κ1) is 13.7. The van der Waals surface area contributed by atoms with Gasteiger partial charge in [-0.05, 0) is 25.5 Å². The quantitative estimate of drug-likeness (QED) is 0.539. The molecule has 0 aromatic heterocycles. The molecule has 0 fully saturated rings. The van der Waals surface area contributed by atoms with Gasteiger partial charge in [-0.2, -0.15) is 0 Å². The van der Waals surface area contributed by atoms with Crippen LogP contribution in [0, 0.1) is 6.92 Å². The van der Waals surface area contributed by atoms with Gasteiger partial charge in [-0.15, -0.1) is 0 Å². The largest absolute Gasteiger partial charge is 0.460 e. The fourth-order valence-electron chi connectivity index (χ4n) is 1.40. The minimum Gasteiger partial charge on any atom is -0.460 e. The highest BCUT2D eigenvalue weighted by atomic mass is 16.6. The molecule has 0 saturated carbocycles. The van der Waals surface area contributed by atoms with Crippen molar-refractivity contribution >= 4 is 5.97 Å². The first-order valence-corrected chi connectivity index (χ1v) is 6.05. The van der Waals surface area contributed by atoms with Gasteiger partial charge in [0.25, 0.3) is 0 Å². The smallest absolute Gasteiger partial charge is 0.338 e.